The number of benzene rings is 1. The molecule has 0 saturated carbocycles. The molecule has 0 spiro atoms. The lowest BCUT2D eigenvalue weighted by molar-refractivity contribution is 0.145. The molecule has 16 heavy (non-hydrogen) atoms. The molecule has 0 bridgehead atoms. The SMILES string of the molecule is Cc1cc(C(C)(C)CO)cc(F)c1C(F)F. The van der Waals surface area contributed by atoms with Gasteiger partial charge >= 0.3 is 0 Å². The molecular formula is C12H15F3O. The van der Waals surface area contributed by atoms with Crippen molar-refractivity contribution in [1.82, 2.24) is 0 Å². The van der Waals surface area contributed by atoms with E-state index in [4.69, 9.17) is 5.11 Å². The maximum Gasteiger partial charge on any atom is 0.266 e. The van der Waals surface area contributed by atoms with E-state index in [1.165, 1.54) is 13.0 Å². The Morgan fingerprint density at radius 2 is 1.88 bits per heavy atom. The molecule has 0 unspecified atom stereocenters. The van der Waals surface area contributed by atoms with E-state index < -0.39 is 23.2 Å². The second kappa shape index (κ2) is 4.45. The Morgan fingerprint density at radius 1 is 1.31 bits per heavy atom. The highest BCUT2D eigenvalue weighted by atomic mass is 19.3. The van der Waals surface area contributed by atoms with Gasteiger partial charge < -0.3 is 5.11 Å². The monoisotopic (exact) mass is 232 g/mol. The van der Waals surface area contributed by atoms with Crippen molar-refractivity contribution in [3.05, 3.63) is 34.6 Å². The molecule has 0 heterocycles. The van der Waals surface area contributed by atoms with E-state index in [2.05, 4.69) is 0 Å². The normalized spacial score (nSPS) is 12.2. The van der Waals surface area contributed by atoms with Gasteiger partial charge in [-0.25, -0.2) is 13.2 Å². The number of alkyl halides is 2. The van der Waals surface area contributed by atoms with Crippen LogP contribution >= 0.6 is 0 Å². The summed E-state index contributed by atoms with van der Waals surface area (Å²) in [5.74, 6) is -0.911. The zero-order valence-electron chi connectivity index (χ0n) is 9.52. The predicted octanol–water partition coefficient (Wildman–Crippen LogP) is 3.34. The van der Waals surface area contributed by atoms with Gasteiger partial charge in [0.1, 0.15) is 5.82 Å². The molecule has 0 aliphatic heterocycles. The minimum absolute atomic E-state index is 0.167. The van der Waals surface area contributed by atoms with Crippen molar-refractivity contribution < 1.29 is 18.3 Å². The van der Waals surface area contributed by atoms with Crippen molar-refractivity contribution >= 4 is 0 Å². The minimum Gasteiger partial charge on any atom is -0.395 e. The van der Waals surface area contributed by atoms with Gasteiger partial charge in [0, 0.05) is 5.41 Å². The van der Waals surface area contributed by atoms with E-state index in [0.29, 0.717) is 5.56 Å². The van der Waals surface area contributed by atoms with Crippen molar-refractivity contribution in [2.75, 3.05) is 6.61 Å². The first-order valence-corrected chi connectivity index (χ1v) is 4.99. The highest BCUT2D eigenvalue weighted by Crippen LogP contribution is 2.31. The summed E-state index contributed by atoms with van der Waals surface area (Å²) in [6.07, 6.45) is -2.81. The fourth-order valence-electron chi connectivity index (χ4n) is 1.51. The van der Waals surface area contributed by atoms with Gasteiger partial charge in [-0.2, -0.15) is 0 Å². The van der Waals surface area contributed by atoms with Gasteiger partial charge in [0.25, 0.3) is 6.43 Å². The second-order valence-electron chi connectivity index (χ2n) is 4.53. The van der Waals surface area contributed by atoms with Gasteiger partial charge in [-0.1, -0.05) is 19.9 Å². The van der Waals surface area contributed by atoms with Crippen LogP contribution in [0.25, 0.3) is 0 Å². The summed E-state index contributed by atoms with van der Waals surface area (Å²) in [4.78, 5) is 0. The average Bonchev–Trinajstić information content (AvgIpc) is 2.15. The van der Waals surface area contributed by atoms with E-state index in [0.717, 1.165) is 6.07 Å². The Balaban J connectivity index is 3.30. The standard InChI is InChI=1S/C12H15F3O/c1-7-4-8(12(2,3)6-16)5-9(13)10(7)11(14)15/h4-5,11,16H,6H2,1-3H3. The maximum absolute atomic E-state index is 13.5. The highest BCUT2D eigenvalue weighted by molar-refractivity contribution is 5.36. The van der Waals surface area contributed by atoms with E-state index in [-0.39, 0.29) is 12.2 Å². The second-order valence-corrected chi connectivity index (χ2v) is 4.53. The van der Waals surface area contributed by atoms with Gasteiger partial charge in [-0.05, 0) is 24.1 Å². The van der Waals surface area contributed by atoms with Gasteiger partial charge in [-0.15, -0.1) is 0 Å². The number of hydrogen-bond acceptors (Lipinski definition) is 1. The lowest BCUT2D eigenvalue weighted by Gasteiger charge is -2.23. The predicted molar refractivity (Wildman–Crippen MR) is 56.2 cm³/mol. The third-order valence-electron chi connectivity index (χ3n) is 2.73. The first-order valence-electron chi connectivity index (χ1n) is 4.99. The van der Waals surface area contributed by atoms with Gasteiger partial charge in [0.2, 0.25) is 0 Å². The van der Waals surface area contributed by atoms with Crippen LogP contribution < -0.4 is 0 Å². The molecule has 0 amide bonds. The topological polar surface area (TPSA) is 20.2 Å². The number of aliphatic hydroxyl groups is 1. The molecule has 0 fully saturated rings. The average molecular weight is 232 g/mol. The molecule has 1 aromatic rings. The van der Waals surface area contributed by atoms with Crippen LogP contribution in [0.1, 0.15) is 37.0 Å². The molecule has 1 aromatic carbocycles. The quantitative estimate of drug-likeness (QED) is 0.847. The van der Waals surface area contributed by atoms with E-state index in [1.54, 1.807) is 13.8 Å². The Morgan fingerprint density at radius 3 is 2.25 bits per heavy atom. The van der Waals surface area contributed by atoms with Gasteiger partial charge in [-0.3, -0.25) is 0 Å². The van der Waals surface area contributed by atoms with Crippen molar-refractivity contribution in [1.29, 1.82) is 0 Å². The van der Waals surface area contributed by atoms with Crippen molar-refractivity contribution in [3.63, 3.8) is 0 Å². The number of aliphatic hydroxyl groups excluding tert-OH is 1. The lowest BCUT2D eigenvalue weighted by Crippen LogP contribution is -2.22. The smallest absolute Gasteiger partial charge is 0.266 e. The molecule has 0 aliphatic rings. The largest absolute Gasteiger partial charge is 0.395 e. The van der Waals surface area contributed by atoms with Crippen LogP contribution in [0.4, 0.5) is 13.2 Å². The fourth-order valence-corrected chi connectivity index (χ4v) is 1.51. The Bertz CT molecular complexity index is 363. The van der Waals surface area contributed by atoms with Crippen LogP contribution in [0, 0.1) is 12.7 Å². The van der Waals surface area contributed by atoms with Crippen LogP contribution in [-0.4, -0.2) is 11.7 Å². The van der Waals surface area contributed by atoms with Crippen molar-refractivity contribution in [2.24, 2.45) is 0 Å². The summed E-state index contributed by atoms with van der Waals surface area (Å²) in [6, 6.07) is 2.57. The van der Waals surface area contributed by atoms with Crippen molar-refractivity contribution in [3.8, 4) is 0 Å². The third kappa shape index (κ3) is 2.38. The van der Waals surface area contributed by atoms with E-state index in [1.807, 2.05) is 0 Å². The van der Waals surface area contributed by atoms with Crippen LogP contribution in [0.3, 0.4) is 0 Å². The van der Waals surface area contributed by atoms with Gasteiger partial charge in [0.05, 0.1) is 12.2 Å². The molecule has 1 nitrogen and oxygen atoms in total. The molecular weight excluding hydrogens is 217 g/mol. The zero-order chi connectivity index (χ0) is 12.5. The first-order chi connectivity index (χ1) is 7.29. The van der Waals surface area contributed by atoms with Crippen molar-refractivity contribution in [2.45, 2.75) is 32.6 Å². The number of halogens is 3. The maximum atomic E-state index is 13.5. The summed E-state index contributed by atoms with van der Waals surface area (Å²) in [5, 5.41) is 9.14. The highest BCUT2D eigenvalue weighted by Gasteiger charge is 2.24. The minimum atomic E-state index is -2.81. The Labute approximate surface area is 92.9 Å². The summed E-state index contributed by atoms with van der Waals surface area (Å²) in [5.41, 5.74) is -0.454. The van der Waals surface area contributed by atoms with Crippen LogP contribution in [0.2, 0.25) is 0 Å². The number of aryl methyl sites for hydroxylation is 1. The molecule has 1 N–H and O–H groups in total. The van der Waals surface area contributed by atoms with Crippen LogP contribution in [0.15, 0.2) is 12.1 Å². The molecule has 1 rings (SSSR count). The summed E-state index contributed by atoms with van der Waals surface area (Å²) < 4.78 is 38.5. The first kappa shape index (κ1) is 13.0. The molecule has 0 saturated heterocycles. The van der Waals surface area contributed by atoms with Gasteiger partial charge in [0.15, 0.2) is 0 Å². The molecule has 90 valence electrons. The van der Waals surface area contributed by atoms with Crippen LogP contribution in [-0.2, 0) is 5.41 Å². The third-order valence-corrected chi connectivity index (χ3v) is 2.73. The lowest BCUT2D eigenvalue weighted by atomic mass is 9.84. The molecule has 0 aromatic heterocycles. The number of hydrogen-bond donors (Lipinski definition) is 1. The molecule has 0 atom stereocenters. The van der Waals surface area contributed by atoms with E-state index >= 15 is 0 Å². The molecule has 0 radical (unpaired) electrons. The summed E-state index contributed by atoms with van der Waals surface area (Å²) >= 11 is 0. The molecule has 4 heteroatoms. The molecule has 0 aliphatic carbocycles. The Kier molecular flexibility index (Phi) is 3.63. The van der Waals surface area contributed by atoms with E-state index in [9.17, 15) is 13.2 Å². The summed E-state index contributed by atoms with van der Waals surface area (Å²) in [7, 11) is 0. The summed E-state index contributed by atoms with van der Waals surface area (Å²) in [6.45, 7) is 4.73. The number of rotatable bonds is 3. The van der Waals surface area contributed by atoms with Crippen LogP contribution in [0.5, 0.6) is 0 Å². The Hall–Kier alpha value is -1.03. The fraction of sp³-hybridized carbons (Fsp3) is 0.500. The zero-order valence-corrected chi connectivity index (χ0v) is 9.52.